The van der Waals surface area contributed by atoms with E-state index in [-0.39, 0.29) is 18.5 Å². The van der Waals surface area contributed by atoms with Crippen LogP contribution in [0.3, 0.4) is 0 Å². The SMILES string of the molecule is CCC(CCCCOC(=O)c1ccc(OC(=O)C(C)C)c(C)c1)O[N+](=O)[O-]. The lowest BCUT2D eigenvalue weighted by atomic mass is 10.1. The normalized spacial score (nSPS) is 11.7. The van der Waals surface area contributed by atoms with Gasteiger partial charge in [0.05, 0.1) is 18.1 Å². The molecule has 1 aromatic carbocycles. The van der Waals surface area contributed by atoms with Gasteiger partial charge in [0.15, 0.2) is 0 Å². The molecule has 0 amide bonds. The van der Waals surface area contributed by atoms with Crippen LogP contribution in [0.1, 0.15) is 62.4 Å². The molecule has 0 aliphatic rings. The molecule has 8 heteroatoms. The summed E-state index contributed by atoms with van der Waals surface area (Å²) in [6.07, 6.45) is 1.90. The molecule has 0 aromatic heterocycles. The third-order valence-electron chi connectivity index (χ3n) is 3.94. The van der Waals surface area contributed by atoms with Gasteiger partial charge in [0.2, 0.25) is 0 Å². The van der Waals surface area contributed by atoms with Crippen molar-refractivity contribution < 1.29 is 29.0 Å². The van der Waals surface area contributed by atoms with E-state index >= 15 is 0 Å². The fourth-order valence-electron chi connectivity index (χ4n) is 2.29. The van der Waals surface area contributed by atoms with Crippen LogP contribution in [0.15, 0.2) is 18.2 Å². The number of carbonyl (C=O) groups excluding carboxylic acids is 2. The Hall–Kier alpha value is -2.64. The molecule has 0 aliphatic carbocycles. The van der Waals surface area contributed by atoms with E-state index in [0.29, 0.717) is 42.6 Å². The zero-order valence-electron chi connectivity index (χ0n) is 16.2. The van der Waals surface area contributed by atoms with Gasteiger partial charge in [-0.15, -0.1) is 10.1 Å². The van der Waals surface area contributed by atoms with Crippen molar-refractivity contribution in [2.24, 2.45) is 5.92 Å². The molecular weight excluding hydrogens is 354 g/mol. The van der Waals surface area contributed by atoms with Gasteiger partial charge in [-0.1, -0.05) is 20.8 Å². The van der Waals surface area contributed by atoms with E-state index < -0.39 is 17.2 Å². The summed E-state index contributed by atoms with van der Waals surface area (Å²) in [4.78, 5) is 38.6. The minimum atomic E-state index is -0.779. The van der Waals surface area contributed by atoms with Gasteiger partial charge in [-0.3, -0.25) is 4.79 Å². The number of unbranched alkanes of at least 4 members (excludes halogenated alkanes) is 1. The summed E-state index contributed by atoms with van der Waals surface area (Å²) < 4.78 is 10.5. The van der Waals surface area contributed by atoms with Gasteiger partial charge in [0, 0.05) is 0 Å². The van der Waals surface area contributed by atoms with Crippen LogP contribution < -0.4 is 4.74 Å². The van der Waals surface area contributed by atoms with Crippen molar-refractivity contribution in [1.82, 2.24) is 0 Å². The van der Waals surface area contributed by atoms with Crippen LogP contribution in [-0.4, -0.2) is 29.7 Å². The first kappa shape index (κ1) is 22.4. The zero-order chi connectivity index (χ0) is 20.4. The van der Waals surface area contributed by atoms with Crippen molar-refractivity contribution in [2.45, 2.75) is 59.5 Å². The molecule has 150 valence electrons. The lowest BCUT2D eigenvalue weighted by Gasteiger charge is -2.12. The number of esters is 2. The molecule has 0 saturated heterocycles. The Kier molecular flexibility index (Phi) is 9.25. The second kappa shape index (κ2) is 11.2. The molecule has 0 fully saturated rings. The Morgan fingerprint density at radius 1 is 1.22 bits per heavy atom. The molecule has 0 radical (unpaired) electrons. The number of aryl methyl sites for hydroxylation is 1. The Morgan fingerprint density at radius 2 is 1.93 bits per heavy atom. The standard InChI is InChI=1S/C19H27NO7/c1-5-16(27-20(23)24)8-6-7-11-25-19(22)15-9-10-17(14(4)12-15)26-18(21)13(2)3/h9-10,12-13,16H,5-8,11H2,1-4H3. The van der Waals surface area contributed by atoms with Crippen molar-refractivity contribution in [3.8, 4) is 5.75 Å². The van der Waals surface area contributed by atoms with Crippen molar-refractivity contribution in [3.63, 3.8) is 0 Å². The van der Waals surface area contributed by atoms with Crippen molar-refractivity contribution in [1.29, 1.82) is 0 Å². The van der Waals surface area contributed by atoms with Gasteiger partial charge in [0.1, 0.15) is 11.9 Å². The molecule has 1 rings (SSSR count). The fourth-order valence-corrected chi connectivity index (χ4v) is 2.29. The van der Waals surface area contributed by atoms with E-state index in [0.717, 1.165) is 0 Å². The summed E-state index contributed by atoms with van der Waals surface area (Å²) in [5, 5.41) is 9.55. The Morgan fingerprint density at radius 3 is 2.48 bits per heavy atom. The highest BCUT2D eigenvalue weighted by molar-refractivity contribution is 5.90. The van der Waals surface area contributed by atoms with Crippen molar-refractivity contribution in [3.05, 3.63) is 39.4 Å². The highest BCUT2D eigenvalue weighted by atomic mass is 17.0. The highest BCUT2D eigenvalue weighted by Gasteiger charge is 2.14. The summed E-state index contributed by atoms with van der Waals surface area (Å²) in [5.74, 6) is -0.618. The number of benzene rings is 1. The maximum absolute atomic E-state index is 12.1. The van der Waals surface area contributed by atoms with Crippen LogP contribution in [-0.2, 0) is 14.4 Å². The minimum Gasteiger partial charge on any atom is -0.462 e. The molecule has 0 saturated carbocycles. The Balaban J connectivity index is 2.43. The molecule has 0 aliphatic heterocycles. The minimum absolute atomic E-state index is 0.219. The lowest BCUT2D eigenvalue weighted by Crippen LogP contribution is -2.16. The van der Waals surface area contributed by atoms with Crippen LogP contribution in [0.2, 0.25) is 0 Å². The van der Waals surface area contributed by atoms with E-state index in [1.54, 1.807) is 39.0 Å². The molecule has 1 atom stereocenters. The monoisotopic (exact) mass is 381 g/mol. The number of ether oxygens (including phenoxy) is 2. The van der Waals surface area contributed by atoms with Crippen LogP contribution >= 0.6 is 0 Å². The number of hydrogen-bond acceptors (Lipinski definition) is 7. The number of rotatable bonds is 11. The lowest BCUT2D eigenvalue weighted by molar-refractivity contribution is -0.768. The zero-order valence-corrected chi connectivity index (χ0v) is 16.2. The van der Waals surface area contributed by atoms with Crippen LogP contribution in [0, 0.1) is 23.0 Å². The van der Waals surface area contributed by atoms with E-state index in [1.807, 2.05) is 6.92 Å². The third-order valence-corrected chi connectivity index (χ3v) is 3.94. The molecular formula is C19H27NO7. The molecule has 1 aromatic rings. The van der Waals surface area contributed by atoms with E-state index in [4.69, 9.17) is 9.47 Å². The average molecular weight is 381 g/mol. The van der Waals surface area contributed by atoms with E-state index in [2.05, 4.69) is 4.84 Å². The van der Waals surface area contributed by atoms with Crippen molar-refractivity contribution >= 4 is 11.9 Å². The van der Waals surface area contributed by atoms with Gasteiger partial charge in [-0.25, -0.2) is 4.79 Å². The maximum Gasteiger partial charge on any atom is 0.338 e. The van der Waals surface area contributed by atoms with Crippen LogP contribution in [0.4, 0.5) is 0 Å². The average Bonchev–Trinajstić information content (AvgIpc) is 2.61. The van der Waals surface area contributed by atoms with Gasteiger partial charge in [0.25, 0.3) is 5.09 Å². The van der Waals surface area contributed by atoms with E-state index in [1.165, 1.54) is 0 Å². The first-order valence-electron chi connectivity index (χ1n) is 9.05. The number of nitrogens with zero attached hydrogens (tertiary/aromatic N) is 1. The van der Waals surface area contributed by atoms with Gasteiger partial charge >= 0.3 is 11.9 Å². The molecule has 8 nitrogen and oxygen atoms in total. The second-order valence-electron chi connectivity index (χ2n) is 6.55. The summed E-state index contributed by atoms with van der Waals surface area (Å²) >= 11 is 0. The summed E-state index contributed by atoms with van der Waals surface area (Å²) in [5.41, 5.74) is 1.04. The van der Waals surface area contributed by atoms with Crippen LogP contribution in [0.25, 0.3) is 0 Å². The van der Waals surface area contributed by atoms with Crippen LogP contribution in [0.5, 0.6) is 5.75 Å². The van der Waals surface area contributed by atoms with Gasteiger partial charge < -0.3 is 14.3 Å². The number of hydrogen-bond donors (Lipinski definition) is 0. The predicted molar refractivity (Wildman–Crippen MR) is 97.9 cm³/mol. The molecule has 0 N–H and O–H groups in total. The molecule has 0 bridgehead atoms. The number of carbonyl (C=O) groups is 2. The first-order chi connectivity index (χ1) is 12.7. The molecule has 0 heterocycles. The predicted octanol–water partition coefficient (Wildman–Crippen LogP) is 3.87. The Bertz CT molecular complexity index is 657. The summed E-state index contributed by atoms with van der Waals surface area (Å²) in [6.45, 7) is 7.28. The second-order valence-corrected chi connectivity index (χ2v) is 6.55. The fraction of sp³-hybridized carbons (Fsp3) is 0.579. The highest BCUT2D eigenvalue weighted by Crippen LogP contribution is 2.21. The first-order valence-corrected chi connectivity index (χ1v) is 9.05. The maximum atomic E-state index is 12.1. The topological polar surface area (TPSA) is 105 Å². The molecule has 0 spiro atoms. The molecule has 1 unspecified atom stereocenters. The quantitative estimate of drug-likeness (QED) is 0.188. The third kappa shape index (κ3) is 8.06. The summed E-state index contributed by atoms with van der Waals surface area (Å²) in [6, 6.07) is 4.74. The largest absolute Gasteiger partial charge is 0.462 e. The van der Waals surface area contributed by atoms with E-state index in [9.17, 15) is 19.7 Å². The smallest absolute Gasteiger partial charge is 0.338 e. The molecule has 27 heavy (non-hydrogen) atoms. The Labute approximate surface area is 158 Å². The van der Waals surface area contributed by atoms with Crippen molar-refractivity contribution in [2.75, 3.05) is 6.61 Å². The van der Waals surface area contributed by atoms with Gasteiger partial charge in [-0.2, -0.15) is 0 Å². The van der Waals surface area contributed by atoms with Gasteiger partial charge in [-0.05, 0) is 56.4 Å². The summed E-state index contributed by atoms with van der Waals surface area (Å²) in [7, 11) is 0.